The molecule has 1 aromatic heterocycles. The van der Waals surface area contributed by atoms with Gasteiger partial charge in [-0.1, -0.05) is 18.2 Å². The van der Waals surface area contributed by atoms with Crippen molar-refractivity contribution >= 4 is 21.4 Å². The molecule has 0 saturated heterocycles. The maximum Gasteiger partial charge on any atom is 0.0375 e. The smallest absolute Gasteiger partial charge is 0.0375 e. The number of nitrogens with one attached hydrogen (secondary N) is 1. The minimum absolute atomic E-state index is 0.802. The van der Waals surface area contributed by atoms with Gasteiger partial charge < -0.3 is 5.32 Å². The van der Waals surface area contributed by atoms with E-state index in [-0.39, 0.29) is 0 Å². The van der Waals surface area contributed by atoms with Gasteiger partial charge in [-0.15, -0.1) is 11.3 Å². The van der Waals surface area contributed by atoms with E-state index < -0.39 is 0 Å². The number of thiophene rings is 1. The molecular formula is C13H15NS. The standard InChI is InChI=1S/C13H15NS/c1-9-3-2-4-10-7-12(15-13(9)10)8-14-11-5-6-11/h2-4,7,11,14H,5-6,8H2,1H3. The van der Waals surface area contributed by atoms with Gasteiger partial charge in [0, 0.05) is 22.2 Å². The molecule has 1 heterocycles. The average Bonchev–Trinajstić information content (AvgIpc) is 2.95. The number of benzene rings is 1. The second-order valence-electron chi connectivity index (χ2n) is 4.36. The highest BCUT2D eigenvalue weighted by atomic mass is 32.1. The van der Waals surface area contributed by atoms with Crippen molar-refractivity contribution in [1.82, 2.24) is 5.32 Å². The van der Waals surface area contributed by atoms with Crippen LogP contribution in [0, 0.1) is 6.92 Å². The molecule has 78 valence electrons. The summed E-state index contributed by atoms with van der Waals surface area (Å²) in [6.07, 6.45) is 2.73. The third-order valence-electron chi connectivity index (χ3n) is 2.93. The van der Waals surface area contributed by atoms with E-state index in [0.717, 1.165) is 12.6 Å². The van der Waals surface area contributed by atoms with Crippen LogP contribution in [-0.2, 0) is 6.54 Å². The van der Waals surface area contributed by atoms with Crippen LogP contribution < -0.4 is 5.32 Å². The third kappa shape index (κ3) is 1.92. The minimum atomic E-state index is 0.802. The van der Waals surface area contributed by atoms with Gasteiger partial charge in [-0.2, -0.15) is 0 Å². The van der Waals surface area contributed by atoms with E-state index in [1.165, 1.54) is 33.4 Å². The van der Waals surface area contributed by atoms with Crippen molar-refractivity contribution in [2.75, 3.05) is 0 Å². The van der Waals surface area contributed by atoms with Crippen LogP contribution in [0.25, 0.3) is 10.1 Å². The van der Waals surface area contributed by atoms with Crippen molar-refractivity contribution in [1.29, 1.82) is 0 Å². The highest BCUT2D eigenvalue weighted by molar-refractivity contribution is 7.19. The van der Waals surface area contributed by atoms with Crippen LogP contribution in [0.2, 0.25) is 0 Å². The summed E-state index contributed by atoms with van der Waals surface area (Å²) in [7, 11) is 0. The van der Waals surface area contributed by atoms with Crippen LogP contribution in [0.1, 0.15) is 23.3 Å². The van der Waals surface area contributed by atoms with E-state index in [2.05, 4.69) is 36.5 Å². The van der Waals surface area contributed by atoms with Gasteiger partial charge in [0.25, 0.3) is 0 Å². The van der Waals surface area contributed by atoms with Gasteiger partial charge in [0.1, 0.15) is 0 Å². The normalized spacial score (nSPS) is 16.1. The van der Waals surface area contributed by atoms with E-state index in [1.54, 1.807) is 0 Å². The lowest BCUT2D eigenvalue weighted by Gasteiger charge is -1.97. The Morgan fingerprint density at radius 2 is 2.27 bits per heavy atom. The van der Waals surface area contributed by atoms with Gasteiger partial charge in [0.2, 0.25) is 0 Å². The van der Waals surface area contributed by atoms with Crippen molar-refractivity contribution in [3.05, 3.63) is 34.7 Å². The van der Waals surface area contributed by atoms with Crippen LogP contribution in [0.15, 0.2) is 24.3 Å². The highest BCUT2D eigenvalue weighted by Crippen LogP contribution is 2.29. The fourth-order valence-electron chi connectivity index (χ4n) is 1.88. The van der Waals surface area contributed by atoms with E-state index in [9.17, 15) is 0 Å². The molecule has 0 amide bonds. The lowest BCUT2D eigenvalue weighted by atomic mass is 10.2. The molecule has 1 saturated carbocycles. The van der Waals surface area contributed by atoms with Gasteiger partial charge in [0.05, 0.1) is 0 Å². The molecule has 0 bridgehead atoms. The van der Waals surface area contributed by atoms with E-state index in [0.29, 0.717) is 0 Å². The number of hydrogen-bond acceptors (Lipinski definition) is 2. The molecule has 2 aromatic rings. The SMILES string of the molecule is Cc1cccc2cc(CNC3CC3)sc12. The average molecular weight is 217 g/mol. The van der Waals surface area contributed by atoms with Crippen molar-refractivity contribution < 1.29 is 0 Å². The zero-order valence-electron chi connectivity index (χ0n) is 8.92. The zero-order valence-corrected chi connectivity index (χ0v) is 9.73. The molecule has 0 atom stereocenters. The van der Waals surface area contributed by atoms with Crippen LogP contribution in [0.3, 0.4) is 0 Å². The molecule has 1 N–H and O–H groups in total. The number of rotatable bonds is 3. The summed E-state index contributed by atoms with van der Waals surface area (Å²) in [6.45, 7) is 3.24. The molecule has 0 spiro atoms. The Balaban J connectivity index is 1.88. The summed E-state index contributed by atoms with van der Waals surface area (Å²) < 4.78 is 1.45. The van der Waals surface area contributed by atoms with E-state index in [1.807, 2.05) is 11.3 Å². The monoisotopic (exact) mass is 217 g/mol. The first-order valence-electron chi connectivity index (χ1n) is 5.54. The molecular weight excluding hydrogens is 202 g/mol. The van der Waals surface area contributed by atoms with Gasteiger partial charge >= 0.3 is 0 Å². The molecule has 1 aliphatic rings. The molecule has 1 fully saturated rings. The van der Waals surface area contributed by atoms with Crippen LogP contribution in [0.4, 0.5) is 0 Å². The lowest BCUT2D eigenvalue weighted by molar-refractivity contribution is 0.695. The van der Waals surface area contributed by atoms with Crippen LogP contribution in [-0.4, -0.2) is 6.04 Å². The van der Waals surface area contributed by atoms with Crippen molar-refractivity contribution in [2.24, 2.45) is 0 Å². The Morgan fingerprint density at radius 3 is 3.00 bits per heavy atom. The largest absolute Gasteiger partial charge is 0.309 e. The Hall–Kier alpha value is -0.860. The number of fused-ring (bicyclic) bond motifs is 1. The predicted octanol–water partition coefficient (Wildman–Crippen LogP) is 3.46. The van der Waals surface area contributed by atoms with Gasteiger partial charge in [-0.05, 0) is 36.8 Å². The number of hydrogen-bond donors (Lipinski definition) is 1. The molecule has 1 aromatic carbocycles. The quantitative estimate of drug-likeness (QED) is 0.830. The number of aryl methyl sites for hydroxylation is 1. The van der Waals surface area contributed by atoms with Gasteiger partial charge in [-0.3, -0.25) is 0 Å². The minimum Gasteiger partial charge on any atom is -0.309 e. The second kappa shape index (κ2) is 3.62. The Bertz CT molecular complexity index is 482. The summed E-state index contributed by atoms with van der Waals surface area (Å²) in [5.41, 5.74) is 1.40. The molecule has 1 aliphatic carbocycles. The highest BCUT2D eigenvalue weighted by Gasteiger charge is 2.20. The fourth-order valence-corrected chi connectivity index (χ4v) is 2.96. The first-order chi connectivity index (χ1) is 7.33. The van der Waals surface area contributed by atoms with Gasteiger partial charge in [0.15, 0.2) is 0 Å². The Kier molecular flexibility index (Phi) is 2.26. The van der Waals surface area contributed by atoms with Crippen molar-refractivity contribution in [2.45, 2.75) is 32.4 Å². The van der Waals surface area contributed by atoms with E-state index in [4.69, 9.17) is 0 Å². The molecule has 2 heteroatoms. The summed E-state index contributed by atoms with van der Waals surface area (Å²) in [4.78, 5) is 1.46. The van der Waals surface area contributed by atoms with Crippen LogP contribution >= 0.6 is 11.3 Å². The topological polar surface area (TPSA) is 12.0 Å². The predicted molar refractivity (Wildman–Crippen MR) is 66.4 cm³/mol. The lowest BCUT2D eigenvalue weighted by Crippen LogP contribution is -2.14. The van der Waals surface area contributed by atoms with E-state index >= 15 is 0 Å². The maximum atomic E-state index is 3.56. The van der Waals surface area contributed by atoms with Gasteiger partial charge in [-0.25, -0.2) is 0 Å². The fraction of sp³-hybridized carbons (Fsp3) is 0.385. The second-order valence-corrected chi connectivity index (χ2v) is 5.50. The molecule has 3 rings (SSSR count). The molecule has 0 radical (unpaired) electrons. The maximum absolute atomic E-state index is 3.56. The first-order valence-corrected chi connectivity index (χ1v) is 6.36. The molecule has 0 aliphatic heterocycles. The molecule has 1 nitrogen and oxygen atoms in total. The summed E-state index contributed by atoms with van der Waals surface area (Å²) in [5.74, 6) is 0. The molecule has 0 unspecified atom stereocenters. The zero-order chi connectivity index (χ0) is 10.3. The first kappa shape index (κ1) is 9.37. The summed E-state index contributed by atoms with van der Waals surface area (Å²) >= 11 is 1.93. The summed E-state index contributed by atoms with van der Waals surface area (Å²) in [5, 5.41) is 4.96. The van der Waals surface area contributed by atoms with Crippen molar-refractivity contribution in [3.63, 3.8) is 0 Å². The Labute approximate surface area is 94.1 Å². The molecule has 15 heavy (non-hydrogen) atoms. The van der Waals surface area contributed by atoms with Crippen molar-refractivity contribution in [3.8, 4) is 0 Å². The third-order valence-corrected chi connectivity index (χ3v) is 4.22. The summed E-state index contributed by atoms with van der Waals surface area (Å²) in [6, 6.07) is 9.66. The Morgan fingerprint density at radius 1 is 1.40 bits per heavy atom. The van der Waals surface area contributed by atoms with Crippen LogP contribution in [0.5, 0.6) is 0 Å².